The maximum Gasteiger partial charge on any atom is 0.324 e. The SMILES string of the molecule is COC(=O)C(Cl)Cc1cccc(CCO)c1. The van der Waals surface area contributed by atoms with Gasteiger partial charge in [0.1, 0.15) is 5.38 Å². The van der Waals surface area contributed by atoms with Gasteiger partial charge in [0.25, 0.3) is 0 Å². The second-order valence-corrected chi connectivity index (χ2v) is 4.02. The van der Waals surface area contributed by atoms with E-state index in [1.165, 1.54) is 7.11 Å². The van der Waals surface area contributed by atoms with Crippen LogP contribution in [0.2, 0.25) is 0 Å². The second kappa shape index (κ2) is 6.51. The monoisotopic (exact) mass is 242 g/mol. The lowest BCUT2D eigenvalue weighted by atomic mass is 10.0. The van der Waals surface area contributed by atoms with Crippen molar-refractivity contribution in [3.05, 3.63) is 35.4 Å². The molecule has 0 bridgehead atoms. The third kappa shape index (κ3) is 3.83. The molecule has 1 rings (SSSR count). The van der Waals surface area contributed by atoms with Crippen molar-refractivity contribution >= 4 is 17.6 Å². The minimum atomic E-state index is -0.658. The van der Waals surface area contributed by atoms with Gasteiger partial charge in [-0.1, -0.05) is 24.3 Å². The Morgan fingerprint density at radius 1 is 1.50 bits per heavy atom. The van der Waals surface area contributed by atoms with Gasteiger partial charge in [-0.2, -0.15) is 0 Å². The third-order valence-electron chi connectivity index (χ3n) is 2.26. The summed E-state index contributed by atoms with van der Waals surface area (Å²) in [6.45, 7) is 0.116. The number of aliphatic hydroxyl groups is 1. The molecular weight excluding hydrogens is 228 g/mol. The first-order valence-corrected chi connectivity index (χ1v) is 5.51. The number of halogens is 1. The van der Waals surface area contributed by atoms with E-state index in [1.807, 2.05) is 24.3 Å². The van der Waals surface area contributed by atoms with Crippen molar-refractivity contribution in [1.82, 2.24) is 0 Å². The lowest BCUT2D eigenvalue weighted by Gasteiger charge is -2.08. The number of benzene rings is 1. The normalized spacial score (nSPS) is 12.2. The fraction of sp³-hybridized carbons (Fsp3) is 0.417. The van der Waals surface area contributed by atoms with E-state index in [1.54, 1.807) is 0 Å². The fourth-order valence-corrected chi connectivity index (χ4v) is 1.73. The standard InChI is InChI=1S/C12H15ClO3/c1-16-12(15)11(13)8-10-4-2-3-9(7-10)5-6-14/h2-4,7,11,14H,5-6,8H2,1H3. The smallest absolute Gasteiger partial charge is 0.324 e. The number of methoxy groups -OCH3 is 1. The van der Waals surface area contributed by atoms with Crippen molar-refractivity contribution in [2.45, 2.75) is 18.2 Å². The average Bonchev–Trinajstić information content (AvgIpc) is 2.29. The van der Waals surface area contributed by atoms with Crippen molar-refractivity contribution in [3.63, 3.8) is 0 Å². The van der Waals surface area contributed by atoms with Crippen LogP contribution < -0.4 is 0 Å². The summed E-state index contributed by atoms with van der Waals surface area (Å²) < 4.78 is 4.55. The zero-order valence-electron chi connectivity index (χ0n) is 9.15. The van der Waals surface area contributed by atoms with E-state index in [0.717, 1.165) is 11.1 Å². The number of hydrogen-bond donors (Lipinski definition) is 1. The van der Waals surface area contributed by atoms with E-state index in [0.29, 0.717) is 12.8 Å². The van der Waals surface area contributed by atoms with Crippen LogP contribution in [0.15, 0.2) is 24.3 Å². The Balaban J connectivity index is 2.66. The molecule has 1 aromatic rings. The van der Waals surface area contributed by atoms with Crippen molar-refractivity contribution in [2.24, 2.45) is 0 Å². The lowest BCUT2D eigenvalue weighted by Crippen LogP contribution is -2.18. The number of aliphatic hydroxyl groups excluding tert-OH is 1. The summed E-state index contributed by atoms with van der Waals surface area (Å²) in [5.74, 6) is -0.422. The summed E-state index contributed by atoms with van der Waals surface area (Å²) in [7, 11) is 1.32. The summed E-state index contributed by atoms with van der Waals surface area (Å²) >= 11 is 5.87. The summed E-state index contributed by atoms with van der Waals surface area (Å²) in [5, 5.41) is 8.16. The summed E-state index contributed by atoms with van der Waals surface area (Å²) in [6.07, 6.45) is 1.05. The Labute approximate surface area is 100.0 Å². The zero-order chi connectivity index (χ0) is 12.0. The van der Waals surface area contributed by atoms with Gasteiger partial charge < -0.3 is 9.84 Å². The Kier molecular flexibility index (Phi) is 5.29. The Morgan fingerprint density at radius 3 is 2.81 bits per heavy atom. The number of carbonyl (C=O) groups is 1. The van der Waals surface area contributed by atoms with E-state index >= 15 is 0 Å². The van der Waals surface area contributed by atoms with E-state index in [2.05, 4.69) is 4.74 Å². The Morgan fingerprint density at radius 2 is 2.19 bits per heavy atom. The van der Waals surface area contributed by atoms with Crippen molar-refractivity contribution < 1.29 is 14.6 Å². The molecule has 0 radical (unpaired) electrons. The van der Waals surface area contributed by atoms with E-state index in [-0.39, 0.29) is 6.61 Å². The Hall–Kier alpha value is -1.06. The number of hydrogen-bond acceptors (Lipinski definition) is 3. The molecule has 0 spiro atoms. The number of ether oxygens (including phenoxy) is 1. The average molecular weight is 243 g/mol. The van der Waals surface area contributed by atoms with Crippen molar-refractivity contribution in [3.8, 4) is 0 Å². The summed E-state index contributed by atoms with van der Waals surface area (Å²) in [5.41, 5.74) is 2.00. The molecule has 0 aliphatic heterocycles. The predicted octanol–water partition coefficient (Wildman–Crippen LogP) is 1.54. The molecule has 3 nitrogen and oxygen atoms in total. The number of carbonyl (C=O) groups excluding carboxylic acids is 1. The van der Waals surface area contributed by atoms with Gasteiger partial charge in [-0.15, -0.1) is 11.6 Å². The zero-order valence-corrected chi connectivity index (χ0v) is 9.91. The molecule has 1 atom stereocenters. The largest absolute Gasteiger partial charge is 0.468 e. The Bertz CT molecular complexity index is 352. The molecule has 0 amide bonds. The maximum absolute atomic E-state index is 11.1. The molecule has 0 aliphatic rings. The van der Waals surface area contributed by atoms with Crippen LogP contribution in [0.4, 0.5) is 0 Å². The molecule has 4 heteroatoms. The number of rotatable bonds is 5. The van der Waals surface area contributed by atoms with Gasteiger partial charge in [-0.25, -0.2) is 0 Å². The predicted molar refractivity (Wildman–Crippen MR) is 62.6 cm³/mol. The second-order valence-electron chi connectivity index (χ2n) is 3.49. The third-order valence-corrected chi connectivity index (χ3v) is 2.60. The fourth-order valence-electron chi connectivity index (χ4n) is 1.46. The van der Waals surface area contributed by atoms with E-state index in [4.69, 9.17) is 16.7 Å². The quantitative estimate of drug-likeness (QED) is 0.630. The van der Waals surface area contributed by atoms with Gasteiger partial charge >= 0.3 is 5.97 Å². The minimum Gasteiger partial charge on any atom is -0.468 e. The lowest BCUT2D eigenvalue weighted by molar-refractivity contribution is -0.140. The van der Waals surface area contributed by atoms with Crippen LogP contribution in [0.1, 0.15) is 11.1 Å². The number of alkyl halides is 1. The van der Waals surface area contributed by atoms with Crippen molar-refractivity contribution in [1.29, 1.82) is 0 Å². The molecule has 0 saturated heterocycles. The summed E-state index contributed by atoms with van der Waals surface area (Å²) in [4.78, 5) is 11.1. The number of esters is 1. The molecule has 88 valence electrons. The first kappa shape index (κ1) is 13.0. The first-order valence-electron chi connectivity index (χ1n) is 5.08. The highest BCUT2D eigenvalue weighted by atomic mass is 35.5. The van der Waals surface area contributed by atoms with Crippen molar-refractivity contribution in [2.75, 3.05) is 13.7 Å². The molecule has 0 heterocycles. The van der Waals surface area contributed by atoms with Crippen LogP contribution in [-0.2, 0) is 22.4 Å². The molecule has 0 aromatic heterocycles. The molecule has 0 fully saturated rings. The van der Waals surface area contributed by atoms with Gasteiger partial charge in [0, 0.05) is 6.61 Å². The molecule has 16 heavy (non-hydrogen) atoms. The summed E-state index contributed by atoms with van der Waals surface area (Å²) in [6, 6.07) is 7.66. The van der Waals surface area contributed by atoms with Gasteiger partial charge in [-0.05, 0) is 24.0 Å². The van der Waals surface area contributed by atoms with Crippen LogP contribution in [0.5, 0.6) is 0 Å². The van der Waals surface area contributed by atoms with E-state index < -0.39 is 11.3 Å². The molecule has 1 aromatic carbocycles. The first-order chi connectivity index (χ1) is 7.67. The molecule has 1 N–H and O–H groups in total. The van der Waals surface area contributed by atoms with E-state index in [9.17, 15) is 4.79 Å². The van der Waals surface area contributed by atoms with Crippen LogP contribution in [-0.4, -0.2) is 30.2 Å². The van der Waals surface area contributed by atoms with Gasteiger partial charge in [0.2, 0.25) is 0 Å². The molecule has 1 unspecified atom stereocenters. The van der Waals surface area contributed by atoms with Gasteiger partial charge in [0.15, 0.2) is 0 Å². The van der Waals surface area contributed by atoms with Crippen LogP contribution >= 0.6 is 11.6 Å². The maximum atomic E-state index is 11.1. The highest BCUT2D eigenvalue weighted by Gasteiger charge is 2.16. The molecular formula is C12H15ClO3. The van der Waals surface area contributed by atoms with Gasteiger partial charge in [0.05, 0.1) is 7.11 Å². The van der Waals surface area contributed by atoms with Crippen LogP contribution in [0.25, 0.3) is 0 Å². The van der Waals surface area contributed by atoms with Gasteiger partial charge in [-0.3, -0.25) is 4.79 Å². The van der Waals surface area contributed by atoms with Crippen LogP contribution in [0, 0.1) is 0 Å². The highest BCUT2D eigenvalue weighted by molar-refractivity contribution is 6.30. The highest BCUT2D eigenvalue weighted by Crippen LogP contribution is 2.12. The van der Waals surface area contributed by atoms with Crippen LogP contribution in [0.3, 0.4) is 0 Å². The molecule has 0 aliphatic carbocycles. The topological polar surface area (TPSA) is 46.5 Å². The minimum absolute atomic E-state index is 0.116. The molecule has 0 saturated carbocycles.